The summed E-state index contributed by atoms with van der Waals surface area (Å²) in [6.45, 7) is 0.549. The van der Waals surface area contributed by atoms with Gasteiger partial charge in [0.05, 0.1) is 18.1 Å². The third-order valence-corrected chi connectivity index (χ3v) is 3.40. The summed E-state index contributed by atoms with van der Waals surface area (Å²) in [7, 11) is 0. The number of carbonyl (C=O) groups is 1. The van der Waals surface area contributed by atoms with Crippen LogP contribution in [0.3, 0.4) is 0 Å². The van der Waals surface area contributed by atoms with Gasteiger partial charge in [-0.3, -0.25) is 9.78 Å². The van der Waals surface area contributed by atoms with Crippen LogP contribution in [0, 0.1) is 0 Å². The number of anilines is 1. The van der Waals surface area contributed by atoms with Crippen LogP contribution >= 0.6 is 0 Å². The number of ketones is 1. The zero-order valence-corrected chi connectivity index (χ0v) is 10.4. The molecule has 2 heterocycles. The van der Waals surface area contributed by atoms with Gasteiger partial charge in [0.1, 0.15) is 5.75 Å². The highest BCUT2D eigenvalue weighted by Gasteiger charge is 2.29. The van der Waals surface area contributed by atoms with E-state index in [0.717, 1.165) is 11.3 Å². The van der Waals surface area contributed by atoms with Crippen molar-refractivity contribution in [3.63, 3.8) is 0 Å². The predicted octanol–water partition coefficient (Wildman–Crippen LogP) is 2.41. The van der Waals surface area contributed by atoms with Gasteiger partial charge in [0.2, 0.25) is 0 Å². The molecular formula is C15H14N2O2. The minimum atomic E-state index is -0.198. The summed E-state index contributed by atoms with van der Waals surface area (Å²) in [5, 5.41) is 0. The molecule has 0 amide bonds. The summed E-state index contributed by atoms with van der Waals surface area (Å²) >= 11 is 0. The van der Waals surface area contributed by atoms with Gasteiger partial charge < -0.3 is 10.5 Å². The lowest BCUT2D eigenvalue weighted by molar-refractivity contribution is 0.0933. The molecule has 0 radical (unpaired) electrons. The van der Waals surface area contributed by atoms with Gasteiger partial charge in [-0.2, -0.15) is 0 Å². The van der Waals surface area contributed by atoms with Crippen molar-refractivity contribution in [3.05, 3.63) is 53.9 Å². The first-order valence-electron chi connectivity index (χ1n) is 6.23. The second-order valence-electron chi connectivity index (χ2n) is 4.55. The first kappa shape index (κ1) is 11.7. The quantitative estimate of drug-likeness (QED) is 0.836. The Balaban J connectivity index is 2.00. The molecule has 0 saturated heterocycles. The number of carbonyl (C=O) groups excluding carboxylic acids is 1. The van der Waals surface area contributed by atoms with Gasteiger partial charge in [0.15, 0.2) is 5.78 Å². The average molecular weight is 254 g/mol. The number of benzene rings is 1. The third-order valence-electron chi connectivity index (χ3n) is 3.40. The van der Waals surface area contributed by atoms with Crippen LogP contribution in [-0.2, 0) is 0 Å². The van der Waals surface area contributed by atoms with E-state index >= 15 is 0 Å². The van der Waals surface area contributed by atoms with Crippen molar-refractivity contribution < 1.29 is 9.53 Å². The number of pyridine rings is 1. The number of para-hydroxylation sites is 1. The molecule has 1 aliphatic rings. The summed E-state index contributed by atoms with van der Waals surface area (Å²) in [5.41, 5.74) is 7.75. The Hall–Kier alpha value is -2.36. The zero-order valence-electron chi connectivity index (χ0n) is 10.4. The van der Waals surface area contributed by atoms with E-state index in [9.17, 15) is 4.79 Å². The molecule has 2 aromatic rings. The van der Waals surface area contributed by atoms with E-state index in [1.807, 2.05) is 24.3 Å². The monoisotopic (exact) mass is 254 g/mol. The molecule has 3 rings (SSSR count). The van der Waals surface area contributed by atoms with Gasteiger partial charge in [-0.15, -0.1) is 0 Å². The maximum Gasteiger partial charge on any atom is 0.174 e. The molecule has 1 atom stereocenters. The standard InChI is InChI=1S/C15H14N2O2/c16-13-5-7-17-9-12(13)15(18)11-6-8-19-14-4-2-1-3-10(11)14/h1-5,7,9,11H,6,8H2,(H2,16,17). The second kappa shape index (κ2) is 4.72. The van der Waals surface area contributed by atoms with Crippen LogP contribution in [0.5, 0.6) is 5.75 Å². The molecule has 4 nitrogen and oxygen atoms in total. The molecule has 0 fully saturated rings. The molecular weight excluding hydrogens is 240 g/mol. The summed E-state index contributed by atoms with van der Waals surface area (Å²) in [5.74, 6) is 0.604. The number of nitrogens with zero attached hydrogens (tertiary/aromatic N) is 1. The molecule has 0 spiro atoms. The number of rotatable bonds is 2. The van der Waals surface area contributed by atoms with Crippen LogP contribution in [0.2, 0.25) is 0 Å². The Labute approximate surface area is 111 Å². The topological polar surface area (TPSA) is 65.2 Å². The molecule has 4 heteroatoms. The highest BCUT2D eigenvalue weighted by Crippen LogP contribution is 2.36. The van der Waals surface area contributed by atoms with Gasteiger partial charge in [-0.05, 0) is 18.6 Å². The maximum atomic E-state index is 12.6. The highest BCUT2D eigenvalue weighted by molar-refractivity contribution is 6.05. The van der Waals surface area contributed by atoms with E-state index in [1.54, 1.807) is 12.3 Å². The maximum absolute atomic E-state index is 12.6. The molecule has 0 bridgehead atoms. The van der Waals surface area contributed by atoms with E-state index in [2.05, 4.69) is 4.98 Å². The van der Waals surface area contributed by atoms with Crippen LogP contribution in [-0.4, -0.2) is 17.4 Å². The zero-order chi connectivity index (χ0) is 13.2. The molecule has 0 aliphatic carbocycles. The lowest BCUT2D eigenvalue weighted by Gasteiger charge is -2.25. The number of Topliss-reactive ketones (excluding diaryl/α,β-unsaturated/α-hetero) is 1. The van der Waals surface area contributed by atoms with Crippen molar-refractivity contribution in [3.8, 4) is 5.75 Å². The Morgan fingerprint density at radius 3 is 3.00 bits per heavy atom. The Kier molecular flexibility index (Phi) is 2.91. The minimum Gasteiger partial charge on any atom is -0.493 e. The summed E-state index contributed by atoms with van der Waals surface area (Å²) in [6.07, 6.45) is 3.80. The van der Waals surface area contributed by atoms with E-state index < -0.39 is 0 Å². The number of ether oxygens (including phenoxy) is 1. The number of hydrogen-bond acceptors (Lipinski definition) is 4. The van der Waals surface area contributed by atoms with Crippen molar-refractivity contribution in [2.75, 3.05) is 12.3 Å². The number of hydrogen-bond donors (Lipinski definition) is 1. The summed E-state index contributed by atoms with van der Waals surface area (Å²) in [6, 6.07) is 9.30. The van der Waals surface area contributed by atoms with Gasteiger partial charge >= 0.3 is 0 Å². The first-order chi connectivity index (χ1) is 9.27. The van der Waals surface area contributed by atoms with Gasteiger partial charge in [0, 0.05) is 23.6 Å². The Morgan fingerprint density at radius 1 is 1.32 bits per heavy atom. The summed E-state index contributed by atoms with van der Waals surface area (Å²) in [4.78, 5) is 16.6. The predicted molar refractivity (Wildman–Crippen MR) is 72.3 cm³/mol. The van der Waals surface area contributed by atoms with E-state index in [1.165, 1.54) is 6.20 Å². The molecule has 1 unspecified atom stereocenters. The van der Waals surface area contributed by atoms with Crippen molar-refractivity contribution in [2.45, 2.75) is 12.3 Å². The fraction of sp³-hybridized carbons (Fsp3) is 0.200. The third kappa shape index (κ3) is 2.05. The lowest BCUT2D eigenvalue weighted by atomic mass is 9.86. The molecule has 96 valence electrons. The van der Waals surface area contributed by atoms with Crippen LogP contribution in [0.4, 0.5) is 5.69 Å². The van der Waals surface area contributed by atoms with Gasteiger partial charge in [-0.25, -0.2) is 0 Å². The van der Waals surface area contributed by atoms with Gasteiger partial charge in [-0.1, -0.05) is 18.2 Å². The highest BCUT2D eigenvalue weighted by atomic mass is 16.5. The number of aromatic nitrogens is 1. The second-order valence-corrected chi connectivity index (χ2v) is 4.55. The van der Waals surface area contributed by atoms with Gasteiger partial charge in [0.25, 0.3) is 0 Å². The fourth-order valence-corrected chi connectivity index (χ4v) is 2.41. The first-order valence-corrected chi connectivity index (χ1v) is 6.23. The SMILES string of the molecule is Nc1ccncc1C(=O)C1CCOc2ccccc21. The summed E-state index contributed by atoms with van der Waals surface area (Å²) < 4.78 is 5.57. The van der Waals surface area contributed by atoms with Crippen LogP contribution in [0.1, 0.15) is 28.3 Å². The molecule has 19 heavy (non-hydrogen) atoms. The minimum absolute atomic E-state index is 0.0151. The van der Waals surface area contributed by atoms with Crippen LogP contribution in [0.25, 0.3) is 0 Å². The number of nitrogen functional groups attached to an aromatic ring is 1. The molecule has 1 aromatic heterocycles. The van der Waals surface area contributed by atoms with Crippen LogP contribution in [0.15, 0.2) is 42.7 Å². The molecule has 2 N–H and O–H groups in total. The number of nitrogens with two attached hydrogens (primary N) is 1. The van der Waals surface area contributed by atoms with E-state index in [-0.39, 0.29) is 11.7 Å². The van der Waals surface area contributed by atoms with Crippen molar-refractivity contribution in [1.29, 1.82) is 0 Å². The van der Waals surface area contributed by atoms with E-state index in [0.29, 0.717) is 24.3 Å². The molecule has 0 saturated carbocycles. The number of fused-ring (bicyclic) bond motifs is 1. The average Bonchev–Trinajstić information content (AvgIpc) is 2.46. The fourth-order valence-electron chi connectivity index (χ4n) is 2.41. The molecule has 1 aromatic carbocycles. The Morgan fingerprint density at radius 2 is 2.16 bits per heavy atom. The van der Waals surface area contributed by atoms with Crippen molar-refractivity contribution in [2.24, 2.45) is 0 Å². The lowest BCUT2D eigenvalue weighted by Crippen LogP contribution is -2.22. The van der Waals surface area contributed by atoms with Crippen LogP contribution < -0.4 is 10.5 Å². The molecule has 1 aliphatic heterocycles. The largest absolute Gasteiger partial charge is 0.493 e. The smallest absolute Gasteiger partial charge is 0.174 e. The van der Waals surface area contributed by atoms with Crippen molar-refractivity contribution in [1.82, 2.24) is 4.98 Å². The Bertz CT molecular complexity index is 625. The van der Waals surface area contributed by atoms with E-state index in [4.69, 9.17) is 10.5 Å². The van der Waals surface area contributed by atoms with Crippen molar-refractivity contribution >= 4 is 11.5 Å². The normalized spacial score (nSPS) is 17.4.